The number of carboxylic acid groups (broad SMARTS) is 1. The molecule has 2 N–H and O–H groups in total. The SMILES string of the molecule is CCOc1ccc(C(=O)NC2(C(=O)O)CCC(C)CC2)cc1[N+](=O)[O-]. The van der Waals surface area contributed by atoms with Crippen LogP contribution in [0.3, 0.4) is 0 Å². The molecule has 2 rings (SSSR count). The molecule has 25 heavy (non-hydrogen) atoms. The minimum absolute atomic E-state index is 0.0365. The lowest BCUT2D eigenvalue weighted by atomic mass is 9.77. The van der Waals surface area contributed by atoms with Crippen molar-refractivity contribution in [2.24, 2.45) is 5.92 Å². The van der Waals surface area contributed by atoms with E-state index in [1.807, 2.05) is 6.92 Å². The first-order valence-electron chi connectivity index (χ1n) is 8.26. The molecule has 0 radical (unpaired) electrons. The Balaban J connectivity index is 2.26. The monoisotopic (exact) mass is 350 g/mol. The second-order valence-electron chi connectivity index (χ2n) is 6.40. The molecule has 0 heterocycles. The fourth-order valence-corrected chi connectivity index (χ4v) is 3.02. The van der Waals surface area contributed by atoms with Gasteiger partial charge in [-0.25, -0.2) is 4.79 Å². The smallest absolute Gasteiger partial charge is 0.329 e. The van der Waals surface area contributed by atoms with Crippen LogP contribution in [0.5, 0.6) is 5.75 Å². The van der Waals surface area contributed by atoms with Crippen molar-refractivity contribution in [1.82, 2.24) is 5.32 Å². The van der Waals surface area contributed by atoms with Gasteiger partial charge in [0.2, 0.25) is 0 Å². The van der Waals surface area contributed by atoms with Gasteiger partial charge in [-0.1, -0.05) is 6.92 Å². The summed E-state index contributed by atoms with van der Waals surface area (Å²) in [5, 5.41) is 23.3. The van der Waals surface area contributed by atoms with Gasteiger partial charge in [0.1, 0.15) is 5.54 Å². The van der Waals surface area contributed by atoms with E-state index >= 15 is 0 Å². The number of nitro groups is 1. The molecule has 1 aromatic rings. The van der Waals surface area contributed by atoms with E-state index in [2.05, 4.69) is 5.32 Å². The maximum Gasteiger partial charge on any atom is 0.329 e. The molecule has 0 aliphatic heterocycles. The Hall–Kier alpha value is -2.64. The van der Waals surface area contributed by atoms with E-state index < -0.39 is 22.3 Å². The number of carboxylic acids is 1. The molecule has 1 saturated carbocycles. The van der Waals surface area contributed by atoms with Gasteiger partial charge in [-0.2, -0.15) is 0 Å². The summed E-state index contributed by atoms with van der Waals surface area (Å²) in [6.45, 7) is 4.00. The summed E-state index contributed by atoms with van der Waals surface area (Å²) in [7, 11) is 0. The highest BCUT2D eigenvalue weighted by atomic mass is 16.6. The van der Waals surface area contributed by atoms with Gasteiger partial charge < -0.3 is 15.2 Å². The van der Waals surface area contributed by atoms with Crippen LogP contribution < -0.4 is 10.1 Å². The second kappa shape index (κ2) is 7.50. The topological polar surface area (TPSA) is 119 Å². The number of hydrogen-bond acceptors (Lipinski definition) is 5. The van der Waals surface area contributed by atoms with E-state index in [0.717, 1.165) is 6.07 Å². The van der Waals surface area contributed by atoms with Crippen molar-refractivity contribution in [3.63, 3.8) is 0 Å². The molecule has 1 aliphatic rings. The Kier molecular flexibility index (Phi) is 5.61. The van der Waals surface area contributed by atoms with E-state index in [4.69, 9.17) is 4.74 Å². The number of carbonyl (C=O) groups is 2. The van der Waals surface area contributed by atoms with Crippen molar-refractivity contribution in [3.05, 3.63) is 33.9 Å². The molecule has 0 aromatic heterocycles. The average molecular weight is 350 g/mol. The third-order valence-electron chi connectivity index (χ3n) is 4.61. The van der Waals surface area contributed by atoms with Crippen LogP contribution in [0.25, 0.3) is 0 Å². The average Bonchev–Trinajstić information content (AvgIpc) is 2.57. The predicted molar refractivity (Wildman–Crippen MR) is 89.7 cm³/mol. The van der Waals surface area contributed by atoms with Gasteiger partial charge in [-0.15, -0.1) is 0 Å². The number of rotatable bonds is 6. The Morgan fingerprint density at radius 2 is 2.04 bits per heavy atom. The summed E-state index contributed by atoms with van der Waals surface area (Å²) in [6, 6.07) is 3.86. The first kappa shape index (κ1) is 18.7. The molecule has 0 atom stereocenters. The maximum atomic E-state index is 12.5. The lowest BCUT2D eigenvalue weighted by Crippen LogP contribution is -2.56. The van der Waals surface area contributed by atoms with Crippen LogP contribution in [0, 0.1) is 16.0 Å². The molecule has 0 saturated heterocycles. The zero-order valence-electron chi connectivity index (χ0n) is 14.3. The van der Waals surface area contributed by atoms with Gasteiger partial charge in [-0.05, 0) is 50.7 Å². The predicted octanol–water partition coefficient (Wildman–Crippen LogP) is 2.76. The van der Waals surface area contributed by atoms with Crippen molar-refractivity contribution in [1.29, 1.82) is 0 Å². The number of hydrogen-bond donors (Lipinski definition) is 2. The summed E-state index contributed by atoms with van der Waals surface area (Å²) < 4.78 is 5.19. The second-order valence-corrected chi connectivity index (χ2v) is 6.40. The first-order chi connectivity index (χ1) is 11.8. The number of aliphatic carboxylic acids is 1. The van der Waals surface area contributed by atoms with Gasteiger partial charge in [0.15, 0.2) is 5.75 Å². The van der Waals surface area contributed by atoms with Crippen molar-refractivity contribution in [2.75, 3.05) is 6.61 Å². The summed E-state index contributed by atoms with van der Waals surface area (Å²) in [6.07, 6.45) is 2.09. The zero-order chi connectivity index (χ0) is 18.6. The molecule has 1 aromatic carbocycles. The quantitative estimate of drug-likeness (QED) is 0.601. The number of nitrogens with one attached hydrogen (secondary N) is 1. The first-order valence-corrected chi connectivity index (χ1v) is 8.26. The molecule has 0 spiro atoms. The molecule has 1 amide bonds. The molecular weight excluding hydrogens is 328 g/mol. The molecule has 0 bridgehead atoms. The number of ether oxygens (including phenoxy) is 1. The molecule has 0 unspecified atom stereocenters. The van der Waals surface area contributed by atoms with Crippen LogP contribution in [0.2, 0.25) is 0 Å². The molecule has 1 aliphatic carbocycles. The Morgan fingerprint density at radius 3 is 2.56 bits per heavy atom. The maximum absolute atomic E-state index is 12.5. The Labute approximate surface area is 145 Å². The molecular formula is C17H22N2O6. The van der Waals surface area contributed by atoms with E-state index in [1.165, 1.54) is 12.1 Å². The number of benzene rings is 1. The highest BCUT2D eigenvalue weighted by Crippen LogP contribution is 2.33. The van der Waals surface area contributed by atoms with Crippen molar-refractivity contribution < 1.29 is 24.4 Å². The standard InChI is InChI=1S/C17H22N2O6/c1-3-25-14-5-4-12(10-13(14)19(23)24)15(20)18-17(16(21)22)8-6-11(2)7-9-17/h4-5,10-11H,3,6-9H2,1-2H3,(H,18,20)(H,21,22). The highest BCUT2D eigenvalue weighted by molar-refractivity contribution is 5.98. The van der Waals surface area contributed by atoms with Gasteiger partial charge in [0.25, 0.3) is 5.91 Å². The number of amides is 1. The normalized spacial score (nSPS) is 22.9. The van der Waals surface area contributed by atoms with Gasteiger partial charge >= 0.3 is 11.7 Å². The molecule has 1 fully saturated rings. The van der Waals surface area contributed by atoms with Gasteiger partial charge in [0.05, 0.1) is 11.5 Å². The number of carbonyl (C=O) groups excluding carboxylic acids is 1. The third kappa shape index (κ3) is 4.07. The van der Waals surface area contributed by atoms with Crippen molar-refractivity contribution >= 4 is 17.6 Å². The van der Waals surface area contributed by atoms with Crippen LogP contribution >= 0.6 is 0 Å². The highest BCUT2D eigenvalue weighted by Gasteiger charge is 2.42. The van der Waals surface area contributed by atoms with Crippen LogP contribution in [0.1, 0.15) is 49.9 Å². The van der Waals surface area contributed by atoms with Crippen molar-refractivity contribution in [2.45, 2.75) is 45.1 Å². The molecule has 8 nitrogen and oxygen atoms in total. The van der Waals surface area contributed by atoms with Crippen LogP contribution in [0.15, 0.2) is 18.2 Å². The van der Waals surface area contributed by atoms with Crippen LogP contribution in [-0.2, 0) is 4.79 Å². The zero-order valence-corrected chi connectivity index (χ0v) is 14.3. The molecule has 8 heteroatoms. The van der Waals surface area contributed by atoms with E-state index in [-0.39, 0.29) is 23.6 Å². The fourth-order valence-electron chi connectivity index (χ4n) is 3.02. The lowest BCUT2D eigenvalue weighted by Gasteiger charge is -2.36. The summed E-state index contributed by atoms with van der Waals surface area (Å²) in [5.74, 6) is -1.23. The molecule has 136 valence electrons. The number of nitrogens with zero attached hydrogens (tertiary/aromatic N) is 1. The van der Waals surface area contributed by atoms with Gasteiger partial charge in [0, 0.05) is 11.6 Å². The summed E-state index contributed by atoms with van der Waals surface area (Å²) in [4.78, 5) is 34.8. The largest absolute Gasteiger partial charge is 0.487 e. The summed E-state index contributed by atoms with van der Waals surface area (Å²) in [5.41, 5.74) is -1.61. The van der Waals surface area contributed by atoms with E-state index in [9.17, 15) is 24.8 Å². The van der Waals surface area contributed by atoms with Crippen molar-refractivity contribution in [3.8, 4) is 5.75 Å². The Morgan fingerprint density at radius 1 is 1.40 bits per heavy atom. The van der Waals surface area contributed by atoms with E-state index in [1.54, 1.807) is 6.92 Å². The fraction of sp³-hybridized carbons (Fsp3) is 0.529. The van der Waals surface area contributed by atoms with Crippen LogP contribution in [-0.4, -0.2) is 34.1 Å². The lowest BCUT2D eigenvalue weighted by molar-refractivity contribution is -0.385. The minimum Gasteiger partial charge on any atom is -0.487 e. The van der Waals surface area contributed by atoms with E-state index in [0.29, 0.717) is 31.6 Å². The third-order valence-corrected chi connectivity index (χ3v) is 4.61. The van der Waals surface area contributed by atoms with Gasteiger partial charge in [-0.3, -0.25) is 14.9 Å². The Bertz CT molecular complexity index is 680. The summed E-state index contributed by atoms with van der Waals surface area (Å²) >= 11 is 0. The number of nitro benzene ring substituents is 1. The van der Waals surface area contributed by atoms with Crippen LogP contribution in [0.4, 0.5) is 5.69 Å². The minimum atomic E-state index is -1.32.